The van der Waals surface area contributed by atoms with Crippen LogP contribution in [0.25, 0.3) is 28.1 Å². The molecule has 1 aliphatic heterocycles. The predicted octanol–water partition coefficient (Wildman–Crippen LogP) is 5.65. The normalized spacial score (nSPS) is 16.6. The van der Waals surface area contributed by atoms with Crippen LogP contribution in [0.4, 0.5) is 10.2 Å². The van der Waals surface area contributed by atoms with E-state index in [4.69, 9.17) is 21.6 Å². The molecule has 1 N–H and O–H groups in total. The van der Waals surface area contributed by atoms with Crippen LogP contribution in [0.2, 0.25) is 5.02 Å². The van der Waals surface area contributed by atoms with Crippen molar-refractivity contribution in [2.45, 2.75) is 18.9 Å². The Balaban J connectivity index is 1.41. The number of hydrogen-bond acceptors (Lipinski definition) is 5. The highest BCUT2D eigenvalue weighted by molar-refractivity contribution is 7.70. The van der Waals surface area contributed by atoms with Crippen molar-refractivity contribution in [3.63, 3.8) is 0 Å². The van der Waals surface area contributed by atoms with E-state index in [2.05, 4.69) is 15.0 Å². The summed E-state index contributed by atoms with van der Waals surface area (Å²) in [7, 11) is -2.39. The minimum atomic E-state index is -2.39. The molecular weight excluding hydrogens is 486 g/mol. The lowest BCUT2D eigenvalue weighted by Gasteiger charge is -2.26. The van der Waals surface area contributed by atoms with Crippen molar-refractivity contribution in [3.8, 4) is 11.4 Å². The maximum Gasteiger partial charge on any atom is 0.168 e. The predicted molar refractivity (Wildman–Crippen MR) is 138 cm³/mol. The Morgan fingerprint density at radius 2 is 2.00 bits per heavy atom. The molecule has 0 amide bonds. The minimum absolute atomic E-state index is 0.140. The third kappa shape index (κ3) is 3.91. The van der Waals surface area contributed by atoms with Gasteiger partial charge in [0.2, 0.25) is 0 Å². The van der Waals surface area contributed by atoms with Crippen LogP contribution < -0.4 is 10.2 Å². The zero-order valence-corrected chi connectivity index (χ0v) is 20.9. The number of benzene rings is 2. The second-order valence-corrected chi connectivity index (χ2v) is 12.9. The first kappa shape index (κ1) is 22.3. The number of H-pyrrole nitrogens is 1. The van der Waals surface area contributed by atoms with E-state index in [0.29, 0.717) is 22.1 Å². The maximum absolute atomic E-state index is 14.7. The Hall–Kier alpha value is -3.22. The lowest BCUT2D eigenvalue weighted by molar-refractivity contribution is 0.579. The topological polar surface area (TPSA) is 79.2 Å². The zero-order chi connectivity index (χ0) is 24.3. The molecule has 0 bridgehead atoms. The highest BCUT2D eigenvalue weighted by Gasteiger charge is 2.30. The first-order valence-corrected chi connectivity index (χ1v) is 14.4. The van der Waals surface area contributed by atoms with Crippen molar-refractivity contribution in [3.05, 3.63) is 71.3 Å². The molecule has 0 aliphatic carbocycles. The number of aromatic nitrogens is 5. The van der Waals surface area contributed by atoms with E-state index in [1.54, 1.807) is 36.2 Å². The Bertz CT molecular complexity index is 1640. The van der Waals surface area contributed by atoms with Crippen LogP contribution >= 0.6 is 18.7 Å². The summed E-state index contributed by atoms with van der Waals surface area (Å²) in [6, 6.07) is 12.1. The molecule has 5 aromatic rings. The summed E-state index contributed by atoms with van der Waals surface area (Å²) < 4.78 is 28.9. The monoisotopic (exact) mass is 508 g/mol. The molecular formula is C25H23ClFN6OP. The van der Waals surface area contributed by atoms with Gasteiger partial charge in [-0.3, -0.25) is 0 Å². The zero-order valence-electron chi connectivity index (χ0n) is 19.2. The van der Waals surface area contributed by atoms with Crippen LogP contribution in [0.3, 0.4) is 0 Å². The summed E-state index contributed by atoms with van der Waals surface area (Å²) in [5.41, 5.74) is 3.58. The number of anilines is 1. The Kier molecular flexibility index (Phi) is 5.20. The second-order valence-electron chi connectivity index (χ2n) is 9.27. The highest BCUT2D eigenvalue weighted by Crippen LogP contribution is 2.38. The molecule has 0 saturated carbocycles. The number of rotatable bonds is 4. The van der Waals surface area contributed by atoms with Gasteiger partial charge in [0.1, 0.15) is 24.6 Å². The lowest BCUT2D eigenvalue weighted by atomic mass is 10.0. The molecule has 3 aromatic heterocycles. The lowest BCUT2D eigenvalue weighted by Crippen LogP contribution is -2.24. The number of nitrogens with zero attached hydrogens (tertiary/aromatic N) is 5. The summed E-state index contributed by atoms with van der Waals surface area (Å²) in [5, 5.41) is 5.76. The fraction of sp³-hybridized carbons (Fsp3) is 0.240. The van der Waals surface area contributed by atoms with Crippen LogP contribution in [-0.2, 0) is 4.57 Å². The van der Waals surface area contributed by atoms with Crippen LogP contribution in [0.1, 0.15) is 24.4 Å². The molecule has 1 atom stereocenters. The summed E-state index contributed by atoms with van der Waals surface area (Å²) in [6.07, 6.45) is 5.34. The molecule has 2 aromatic carbocycles. The quantitative estimate of drug-likeness (QED) is 0.317. The van der Waals surface area contributed by atoms with E-state index < -0.39 is 7.14 Å². The average Bonchev–Trinajstić information content (AvgIpc) is 3.56. The van der Waals surface area contributed by atoms with Gasteiger partial charge in [0.15, 0.2) is 5.65 Å². The number of fused-ring (bicyclic) bond motifs is 2. The molecule has 10 heteroatoms. The van der Waals surface area contributed by atoms with Gasteiger partial charge in [-0.15, -0.1) is 0 Å². The van der Waals surface area contributed by atoms with Crippen molar-refractivity contribution < 1.29 is 8.96 Å². The number of aromatic amines is 1. The van der Waals surface area contributed by atoms with E-state index in [0.717, 1.165) is 47.1 Å². The van der Waals surface area contributed by atoms with E-state index in [9.17, 15) is 8.96 Å². The van der Waals surface area contributed by atoms with Crippen LogP contribution in [-0.4, -0.2) is 44.4 Å². The fourth-order valence-corrected chi connectivity index (χ4v) is 5.83. The van der Waals surface area contributed by atoms with Crippen LogP contribution in [0.5, 0.6) is 0 Å². The molecule has 1 aliphatic rings. The Labute approximate surface area is 206 Å². The molecule has 1 fully saturated rings. The summed E-state index contributed by atoms with van der Waals surface area (Å²) in [5.74, 6) is 1.12. The molecule has 0 spiro atoms. The van der Waals surface area contributed by atoms with Gasteiger partial charge in [-0.25, -0.2) is 18.9 Å². The van der Waals surface area contributed by atoms with Gasteiger partial charge in [-0.1, -0.05) is 11.6 Å². The number of halogens is 2. The Morgan fingerprint density at radius 3 is 2.83 bits per heavy atom. The molecule has 6 rings (SSSR count). The van der Waals surface area contributed by atoms with Gasteiger partial charge in [-0.05, 0) is 68.6 Å². The number of imidazole rings is 1. The standard InChI is InChI=1S/C25H23ClFN6OP/c1-35(2,34)16-6-8-20-21(13-16)30-24(29-20)18-14-28-33-11-9-23(31-25(18)33)32-10-3-4-22(32)17-12-15(26)5-7-19(17)27/h5-9,11-14,22H,3-4,10H2,1-2H3,(H,29,30)/t22-/m1/s1. The molecule has 7 nitrogen and oxygen atoms in total. The molecule has 4 heterocycles. The second kappa shape index (κ2) is 8.18. The third-order valence-electron chi connectivity index (χ3n) is 6.56. The van der Waals surface area contributed by atoms with Gasteiger partial charge in [0, 0.05) is 28.6 Å². The molecule has 35 heavy (non-hydrogen) atoms. The molecule has 178 valence electrons. The van der Waals surface area contributed by atoms with E-state index in [-0.39, 0.29) is 11.9 Å². The number of nitrogens with one attached hydrogen (secondary N) is 1. The summed E-state index contributed by atoms with van der Waals surface area (Å²) in [6.45, 7) is 4.27. The van der Waals surface area contributed by atoms with E-state index in [1.165, 1.54) is 6.07 Å². The first-order valence-electron chi connectivity index (χ1n) is 11.4. The molecule has 0 unspecified atom stereocenters. The maximum atomic E-state index is 14.7. The highest BCUT2D eigenvalue weighted by atomic mass is 35.5. The van der Waals surface area contributed by atoms with E-state index >= 15 is 0 Å². The van der Waals surface area contributed by atoms with Crippen LogP contribution in [0, 0.1) is 5.82 Å². The van der Waals surface area contributed by atoms with Gasteiger partial charge in [0.25, 0.3) is 0 Å². The van der Waals surface area contributed by atoms with Crippen molar-refractivity contribution in [1.29, 1.82) is 0 Å². The third-order valence-corrected chi connectivity index (χ3v) is 8.32. The largest absolute Gasteiger partial charge is 0.349 e. The van der Waals surface area contributed by atoms with Crippen molar-refractivity contribution in [2.75, 3.05) is 24.8 Å². The van der Waals surface area contributed by atoms with Gasteiger partial charge in [0.05, 0.1) is 28.8 Å². The first-order chi connectivity index (χ1) is 16.8. The average molecular weight is 509 g/mol. The molecule has 0 radical (unpaired) electrons. The smallest absolute Gasteiger partial charge is 0.168 e. The summed E-state index contributed by atoms with van der Waals surface area (Å²) in [4.78, 5) is 15.1. The SMILES string of the molecule is CP(C)(=O)c1ccc2nc(-c3cnn4ccc(N5CCC[C@@H]5c5cc(Cl)ccc5F)nc34)[nH]c2c1. The molecule has 1 saturated heterocycles. The minimum Gasteiger partial charge on any atom is -0.349 e. The van der Waals surface area contributed by atoms with E-state index in [1.807, 2.05) is 30.5 Å². The van der Waals surface area contributed by atoms with Gasteiger partial charge >= 0.3 is 0 Å². The van der Waals surface area contributed by atoms with Crippen LogP contribution in [0.15, 0.2) is 54.9 Å². The van der Waals surface area contributed by atoms with Crippen molar-refractivity contribution in [2.24, 2.45) is 0 Å². The van der Waals surface area contributed by atoms with Gasteiger partial charge in [-0.2, -0.15) is 5.10 Å². The number of hydrogen-bond donors (Lipinski definition) is 1. The summed E-state index contributed by atoms with van der Waals surface area (Å²) >= 11 is 6.17. The van der Waals surface area contributed by atoms with Crippen molar-refractivity contribution >= 4 is 46.5 Å². The van der Waals surface area contributed by atoms with Gasteiger partial charge < -0.3 is 14.4 Å². The Morgan fingerprint density at radius 1 is 1.14 bits per heavy atom. The van der Waals surface area contributed by atoms with Crippen molar-refractivity contribution in [1.82, 2.24) is 24.6 Å². The fourth-order valence-electron chi connectivity index (χ4n) is 4.78.